The third kappa shape index (κ3) is 1.72. The van der Waals surface area contributed by atoms with Gasteiger partial charge in [-0.15, -0.1) is 0 Å². The van der Waals surface area contributed by atoms with Crippen LogP contribution in [0.15, 0.2) is 42.5 Å². The minimum atomic E-state index is -0.0585. The lowest BCUT2D eigenvalue weighted by atomic mass is 10.1. The number of benzene rings is 2. The van der Waals surface area contributed by atoms with Crippen LogP contribution in [0.1, 0.15) is 23.0 Å². The summed E-state index contributed by atoms with van der Waals surface area (Å²) in [5, 5.41) is 0. The van der Waals surface area contributed by atoms with Gasteiger partial charge < -0.3 is 4.74 Å². The maximum absolute atomic E-state index is 12.4. The van der Waals surface area contributed by atoms with Gasteiger partial charge in [0.25, 0.3) is 0 Å². The highest BCUT2D eigenvalue weighted by Gasteiger charge is 2.29. The van der Waals surface area contributed by atoms with E-state index < -0.39 is 0 Å². The first kappa shape index (κ1) is 12.0. The molecule has 3 aromatic rings. The molecular weight excluding hydrogens is 264 g/mol. The Morgan fingerprint density at radius 3 is 2.52 bits per heavy atom. The Hall–Kier alpha value is -2.75. The van der Waals surface area contributed by atoms with Gasteiger partial charge in [-0.25, -0.2) is 9.97 Å². The number of hydrogen-bond acceptors (Lipinski definition) is 4. The molecule has 4 heteroatoms. The van der Waals surface area contributed by atoms with Crippen molar-refractivity contribution in [2.75, 3.05) is 6.61 Å². The molecule has 1 aliphatic carbocycles. The van der Waals surface area contributed by atoms with E-state index in [2.05, 4.69) is 9.97 Å². The number of fused-ring (bicyclic) bond motifs is 4. The SMILES string of the molecule is CCOc1ccc2nc3c(nc2c1)C(=O)c1ccccc1-3. The second kappa shape index (κ2) is 4.38. The van der Waals surface area contributed by atoms with Crippen LogP contribution in [0.3, 0.4) is 0 Å². The molecule has 2 aromatic carbocycles. The van der Waals surface area contributed by atoms with Crippen LogP contribution in [0, 0.1) is 0 Å². The Kier molecular flexibility index (Phi) is 2.51. The van der Waals surface area contributed by atoms with Gasteiger partial charge in [-0.3, -0.25) is 4.79 Å². The standard InChI is InChI=1S/C17H12N2O2/c1-2-21-10-7-8-13-14(9-10)19-16-15(18-13)11-5-3-4-6-12(11)17(16)20/h3-9H,2H2,1H3. The van der Waals surface area contributed by atoms with Crippen LogP contribution in [0.25, 0.3) is 22.3 Å². The molecule has 21 heavy (non-hydrogen) atoms. The number of ketones is 1. The number of carbonyl (C=O) groups excluding carboxylic acids is 1. The molecular formula is C17H12N2O2. The Balaban J connectivity index is 1.96. The zero-order chi connectivity index (χ0) is 14.4. The number of hydrogen-bond donors (Lipinski definition) is 0. The van der Waals surface area contributed by atoms with Gasteiger partial charge in [-0.1, -0.05) is 24.3 Å². The molecule has 0 N–H and O–H groups in total. The molecule has 0 atom stereocenters. The van der Waals surface area contributed by atoms with Crippen LogP contribution >= 0.6 is 0 Å². The molecule has 4 nitrogen and oxygen atoms in total. The molecule has 1 aromatic heterocycles. The minimum Gasteiger partial charge on any atom is -0.494 e. The molecule has 4 rings (SSSR count). The molecule has 0 saturated carbocycles. The quantitative estimate of drug-likeness (QED) is 0.564. The fourth-order valence-corrected chi connectivity index (χ4v) is 2.65. The van der Waals surface area contributed by atoms with Crippen molar-refractivity contribution in [3.8, 4) is 17.0 Å². The minimum absolute atomic E-state index is 0.0585. The van der Waals surface area contributed by atoms with E-state index >= 15 is 0 Å². The van der Waals surface area contributed by atoms with Crippen LogP contribution in [0.2, 0.25) is 0 Å². The topological polar surface area (TPSA) is 52.1 Å². The Bertz CT molecular complexity index is 887. The van der Waals surface area contributed by atoms with E-state index in [9.17, 15) is 4.79 Å². The van der Waals surface area contributed by atoms with Crippen molar-refractivity contribution in [3.63, 3.8) is 0 Å². The van der Waals surface area contributed by atoms with Crippen molar-refractivity contribution in [1.82, 2.24) is 9.97 Å². The van der Waals surface area contributed by atoms with Crippen molar-refractivity contribution >= 4 is 16.8 Å². The maximum atomic E-state index is 12.4. The molecule has 0 spiro atoms. The van der Waals surface area contributed by atoms with Gasteiger partial charge >= 0.3 is 0 Å². The Morgan fingerprint density at radius 2 is 1.71 bits per heavy atom. The summed E-state index contributed by atoms with van der Waals surface area (Å²) in [6, 6.07) is 13.1. The fourth-order valence-electron chi connectivity index (χ4n) is 2.65. The number of rotatable bonds is 2. The first-order chi connectivity index (χ1) is 10.3. The summed E-state index contributed by atoms with van der Waals surface area (Å²) in [4.78, 5) is 21.5. The lowest BCUT2D eigenvalue weighted by Crippen LogP contribution is -2.00. The average molecular weight is 276 g/mol. The van der Waals surface area contributed by atoms with Crippen LogP contribution in [-0.4, -0.2) is 22.4 Å². The van der Waals surface area contributed by atoms with Crippen molar-refractivity contribution in [2.24, 2.45) is 0 Å². The second-order valence-electron chi connectivity index (χ2n) is 4.88. The molecule has 0 unspecified atom stereocenters. The molecule has 0 radical (unpaired) electrons. The Morgan fingerprint density at radius 1 is 0.952 bits per heavy atom. The highest BCUT2D eigenvalue weighted by atomic mass is 16.5. The molecule has 0 aliphatic heterocycles. The second-order valence-corrected chi connectivity index (χ2v) is 4.88. The first-order valence-electron chi connectivity index (χ1n) is 6.86. The summed E-state index contributed by atoms with van der Waals surface area (Å²) in [7, 11) is 0. The van der Waals surface area contributed by atoms with E-state index in [1.165, 1.54) is 0 Å². The summed E-state index contributed by atoms with van der Waals surface area (Å²) < 4.78 is 5.47. The fraction of sp³-hybridized carbons (Fsp3) is 0.118. The summed E-state index contributed by atoms with van der Waals surface area (Å²) >= 11 is 0. The van der Waals surface area contributed by atoms with Gasteiger partial charge in [0, 0.05) is 17.2 Å². The maximum Gasteiger partial charge on any atom is 0.214 e. The van der Waals surface area contributed by atoms with Crippen LogP contribution in [0.4, 0.5) is 0 Å². The zero-order valence-electron chi connectivity index (χ0n) is 11.5. The smallest absolute Gasteiger partial charge is 0.214 e. The van der Waals surface area contributed by atoms with E-state index in [4.69, 9.17) is 4.74 Å². The van der Waals surface area contributed by atoms with Crippen molar-refractivity contribution in [1.29, 1.82) is 0 Å². The summed E-state index contributed by atoms with van der Waals surface area (Å²) in [6.45, 7) is 2.52. The number of ether oxygens (including phenoxy) is 1. The molecule has 102 valence electrons. The predicted octanol–water partition coefficient (Wildman–Crippen LogP) is 3.24. The largest absolute Gasteiger partial charge is 0.494 e. The van der Waals surface area contributed by atoms with E-state index in [1.54, 1.807) is 0 Å². The van der Waals surface area contributed by atoms with E-state index in [0.29, 0.717) is 29.1 Å². The molecule has 0 saturated heterocycles. The van der Waals surface area contributed by atoms with E-state index in [-0.39, 0.29) is 5.78 Å². The third-order valence-electron chi connectivity index (χ3n) is 3.59. The number of aromatic nitrogens is 2. The van der Waals surface area contributed by atoms with Crippen molar-refractivity contribution < 1.29 is 9.53 Å². The van der Waals surface area contributed by atoms with Gasteiger partial charge in [-0.05, 0) is 19.1 Å². The Labute approximate surface area is 121 Å². The van der Waals surface area contributed by atoms with Gasteiger partial charge in [0.1, 0.15) is 17.1 Å². The first-order valence-corrected chi connectivity index (χ1v) is 6.86. The molecule has 0 fully saturated rings. The van der Waals surface area contributed by atoms with E-state index in [0.717, 1.165) is 16.8 Å². The number of carbonyl (C=O) groups is 1. The monoisotopic (exact) mass is 276 g/mol. The summed E-state index contributed by atoms with van der Waals surface area (Å²) in [5.74, 6) is 0.680. The van der Waals surface area contributed by atoms with Crippen molar-refractivity contribution in [2.45, 2.75) is 6.92 Å². The van der Waals surface area contributed by atoms with Gasteiger partial charge in [0.2, 0.25) is 5.78 Å². The average Bonchev–Trinajstić information content (AvgIpc) is 2.79. The van der Waals surface area contributed by atoms with Crippen LogP contribution in [0.5, 0.6) is 5.75 Å². The zero-order valence-corrected chi connectivity index (χ0v) is 11.5. The normalized spacial score (nSPS) is 12.3. The highest BCUT2D eigenvalue weighted by molar-refractivity contribution is 6.20. The summed E-state index contributed by atoms with van der Waals surface area (Å²) in [5.41, 5.74) is 4.08. The van der Waals surface area contributed by atoms with Gasteiger partial charge in [0.05, 0.1) is 17.6 Å². The highest BCUT2D eigenvalue weighted by Crippen LogP contribution is 2.35. The predicted molar refractivity (Wildman–Crippen MR) is 79.6 cm³/mol. The van der Waals surface area contributed by atoms with Gasteiger partial charge in [0.15, 0.2) is 0 Å². The molecule has 0 amide bonds. The van der Waals surface area contributed by atoms with Crippen LogP contribution < -0.4 is 4.74 Å². The third-order valence-corrected chi connectivity index (χ3v) is 3.59. The summed E-state index contributed by atoms with van der Waals surface area (Å²) in [6.07, 6.45) is 0. The van der Waals surface area contributed by atoms with Crippen LogP contribution in [-0.2, 0) is 0 Å². The molecule has 0 bridgehead atoms. The molecule has 1 aliphatic rings. The van der Waals surface area contributed by atoms with Crippen molar-refractivity contribution in [3.05, 3.63) is 53.7 Å². The lowest BCUT2D eigenvalue weighted by Gasteiger charge is -2.05. The number of nitrogens with zero attached hydrogens (tertiary/aromatic N) is 2. The van der Waals surface area contributed by atoms with Gasteiger partial charge in [-0.2, -0.15) is 0 Å². The molecule has 1 heterocycles. The lowest BCUT2D eigenvalue weighted by molar-refractivity contribution is 0.103. The van der Waals surface area contributed by atoms with E-state index in [1.807, 2.05) is 49.4 Å².